The molecule has 4 nitrogen and oxygen atoms in total. The molecule has 0 spiro atoms. The van der Waals surface area contributed by atoms with E-state index >= 15 is 0 Å². The zero-order valence-corrected chi connectivity index (χ0v) is 13.2. The molecule has 5 heteroatoms. The Morgan fingerprint density at radius 2 is 1.75 bits per heavy atom. The Kier molecular flexibility index (Phi) is 2.81. The fraction of sp³-hybridized carbons (Fsp3) is 0. The Balaban J connectivity index is 1.97. The number of hydrogen-bond donors (Lipinski definition) is 0. The van der Waals surface area contributed by atoms with Crippen molar-refractivity contribution < 1.29 is 4.42 Å². The predicted octanol–water partition coefficient (Wildman–Crippen LogP) is 5.24. The Labute approximate surface area is 141 Å². The summed E-state index contributed by atoms with van der Waals surface area (Å²) >= 11 is 6.10. The molecule has 0 radical (unpaired) electrons. The molecule has 0 aliphatic carbocycles. The average Bonchev–Trinajstić information content (AvgIpc) is 2.96. The third-order valence-corrected chi connectivity index (χ3v) is 4.28. The average molecular weight is 332 g/mol. The highest BCUT2D eigenvalue weighted by Crippen LogP contribution is 2.36. The van der Waals surface area contributed by atoms with E-state index in [0.29, 0.717) is 5.71 Å². The zero-order valence-electron chi connectivity index (χ0n) is 12.4. The first-order valence-electron chi connectivity index (χ1n) is 7.48. The molecule has 0 saturated carbocycles. The Morgan fingerprint density at radius 3 is 2.54 bits per heavy atom. The van der Waals surface area contributed by atoms with Gasteiger partial charge in [-0.05, 0) is 46.6 Å². The van der Waals surface area contributed by atoms with Gasteiger partial charge < -0.3 is 4.42 Å². The smallest absolute Gasteiger partial charge is 0.232 e. The molecule has 0 saturated heterocycles. The van der Waals surface area contributed by atoms with Crippen molar-refractivity contribution in [1.82, 2.24) is 15.0 Å². The molecular weight excluding hydrogens is 322 g/mol. The molecule has 0 aliphatic rings. The number of benzene rings is 2. The minimum absolute atomic E-state index is 0.157. The molecular formula is C19H10ClN3O. The van der Waals surface area contributed by atoms with Gasteiger partial charge in [-0.3, -0.25) is 4.98 Å². The number of pyridine rings is 1. The van der Waals surface area contributed by atoms with E-state index in [1.54, 1.807) is 12.4 Å². The molecule has 0 bridgehead atoms. The number of nitrogens with zero attached hydrogens (tertiary/aromatic N) is 3. The van der Waals surface area contributed by atoms with Crippen molar-refractivity contribution >= 4 is 44.4 Å². The fourth-order valence-corrected chi connectivity index (χ4v) is 3.21. The van der Waals surface area contributed by atoms with E-state index in [1.165, 1.54) is 0 Å². The topological polar surface area (TPSA) is 51.8 Å². The van der Waals surface area contributed by atoms with Crippen molar-refractivity contribution in [2.24, 2.45) is 0 Å². The third kappa shape index (κ3) is 1.97. The second kappa shape index (κ2) is 5.01. The zero-order chi connectivity index (χ0) is 16.1. The lowest BCUT2D eigenvalue weighted by atomic mass is 10.0. The van der Waals surface area contributed by atoms with Gasteiger partial charge in [0.25, 0.3) is 0 Å². The molecule has 0 unspecified atom stereocenters. The van der Waals surface area contributed by atoms with E-state index in [9.17, 15) is 0 Å². The Morgan fingerprint density at radius 1 is 0.917 bits per heavy atom. The van der Waals surface area contributed by atoms with Crippen LogP contribution in [0.2, 0.25) is 5.28 Å². The second-order valence-corrected chi connectivity index (χ2v) is 5.90. The van der Waals surface area contributed by atoms with E-state index in [-0.39, 0.29) is 5.28 Å². The number of aromatic nitrogens is 3. The van der Waals surface area contributed by atoms with Crippen molar-refractivity contribution in [2.45, 2.75) is 0 Å². The van der Waals surface area contributed by atoms with Gasteiger partial charge in [0.1, 0.15) is 5.58 Å². The van der Waals surface area contributed by atoms with Crippen LogP contribution in [0.15, 0.2) is 65.3 Å². The molecule has 2 aromatic carbocycles. The van der Waals surface area contributed by atoms with Crippen molar-refractivity contribution in [3.8, 4) is 11.3 Å². The van der Waals surface area contributed by atoms with E-state index in [2.05, 4.69) is 33.2 Å². The van der Waals surface area contributed by atoms with E-state index in [4.69, 9.17) is 16.0 Å². The van der Waals surface area contributed by atoms with Crippen LogP contribution in [0.3, 0.4) is 0 Å². The van der Waals surface area contributed by atoms with Gasteiger partial charge in [0, 0.05) is 23.3 Å². The fourth-order valence-electron chi connectivity index (χ4n) is 3.05. The monoisotopic (exact) mass is 331 g/mol. The highest BCUT2D eigenvalue weighted by Gasteiger charge is 2.17. The molecule has 0 N–H and O–H groups in total. The van der Waals surface area contributed by atoms with Crippen LogP contribution in [-0.2, 0) is 0 Å². The lowest BCUT2D eigenvalue weighted by Gasteiger charge is -2.02. The van der Waals surface area contributed by atoms with E-state index in [0.717, 1.165) is 38.4 Å². The summed E-state index contributed by atoms with van der Waals surface area (Å²) in [6.45, 7) is 0. The summed E-state index contributed by atoms with van der Waals surface area (Å²) in [6.07, 6.45) is 3.49. The van der Waals surface area contributed by atoms with Crippen LogP contribution in [0.5, 0.6) is 0 Å². The summed E-state index contributed by atoms with van der Waals surface area (Å²) in [5.74, 6) is 0. The SMILES string of the molecule is Clc1nc(-c2cccnc2)c2c(n1)oc1cc3ccccc3cc12. The molecule has 5 aromatic rings. The summed E-state index contributed by atoms with van der Waals surface area (Å²) in [7, 11) is 0. The molecule has 0 aliphatic heterocycles. The van der Waals surface area contributed by atoms with Crippen LogP contribution in [-0.4, -0.2) is 15.0 Å². The maximum atomic E-state index is 6.10. The predicted molar refractivity (Wildman–Crippen MR) is 95.1 cm³/mol. The van der Waals surface area contributed by atoms with Crippen LogP contribution in [0.4, 0.5) is 0 Å². The molecule has 0 atom stereocenters. The second-order valence-electron chi connectivity index (χ2n) is 5.56. The Bertz CT molecular complexity index is 1220. The van der Waals surface area contributed by atoms with Gasteiger partial charge in [0.2, 0.25) is 11.0 Å². The van der Waals surface area contributed by atoms with Gasteiger partial charge in [-0.1, -0.05) is 24.3 Å². The van der Waals surface area contributed by atoms with Crippen molar-refractivity contribution in [2.75, 3.05) is 0 Å². The maximum absolute atomic E-state index is 6.10. The van der Waals surface area contributed by atoms with Crippen LogP contribution < -0.4 is 0 Å². The lowest BCUT2D eigenvalue weighted by molar-refractivity contribution is 0.653. The number of fused-ring (bicyclic) bond motifs is 4. The normalized spacial score (nSPS) is 11.5. The molecule has 5 rings (SSSR count). The molecule has 3 heterocycles. The summed E-state index contributed by atoms with van der Waals surface area (Å²) in [5, 5.41) is 4.24. The highest BCUT2D eigenvalue weighted by atomic mass is 35.5. The maximum Gasteiger partial charge on any atom is 0.232 e. The minimum Gasteiger partial charge on any atom is -0.437 e. The van der Waals surface area contributed by atoms with Gasteiger partial charge >= 0.3 is 0 Å². The number of halogens is 1. The van der Waals surface area contributed by atoms with Gasteiger partial charge in [-0.25, -0.2) is 4.98 Å². The van der Waals surface area contributed by atoms with Crippen LogP contribution in [0.25, 0.3) is 44.1 Å². The van der Waals surface area contributed by atoms with Crippen molar-refractivity contribution in [3.63, 3.8) is 0 Å². The highest BCUT2D eigenvalue weighted by molar-refractivity contribution is 6.29. The summed E-state index contributed by atoms with van der Waals surface area (Å²) in [5.41, 5.74) is 2.86. The molecule has 0 fully saturated rings. The first-order valence-corrected chi connectivity index (χ1v) is 7.86. The van der Waals surface area contributed by atoms with Crippen molar-refractivity contribution in [1.29, 1.82) is 0 Å². The summed E-state index contributed by atoms with van der Waals surface area (Å²) < 4.78 is 5.95. The van der Waals surface area contributed by atoms with E-state index < -0.39 is 0 Å². The number of furan rings is 1. The first-order chi connectivity index (χ1) is 11.8. The minimum atomic E-state index is 0.157. The van der Waals surface area contributed by atoms with Crippen molar-refractivity contribution in [3.05, 3.63) is 66.2 Å². The summed E-state index contributed by atoms with van der Waals surface area (Å²) in [4.78, 5) is 12.9. The number of hydrogen-bond acceptors (Lipinski definition) is 4. The van der Waals surface area contributed by atoms with Crippen LogP contribution in [0.1, 0.15) is 0 Å². The standard InChI is InChI=1S/C19H10ClN3O/c20-19-22-17(13-6-3-7-21-10-13)16-14-8-11-4-1-2-5-12(11)9-15(14)24-18(16)23-19/h1-10H. The molecule has 24 heavy (non-hydrogen) atoms. The van der Waals surface area contributed by atoms with Gasteiger partial charge in [-0.15, -0.1) is 0 Å². The summed E-state index contributed by atoms with van der Waals surface area (Å²) in [6, 6.07) is 16.1. The number of rotatable bonds is 1. The van der Waals surface area contributed by atoms with Crippen LogP contribution >= 0.6 is 11.6 Å². The van der Waals surface area contributed by atoms with Gasteiger partial charge in [0.05, 0.1) is 11.1 Å². The van der Waals surface area contributed by atoms with Gasteiger partial charge in [-0.2, -0.15) is 4.98 Å². The quantitative estimate of drug-likeness (QED) is 0.394. The first kappa shape index (κ1) is 13.5. The molecule has 0 amide bonds. The Hall–Kier alpha value is -2.98. The van der Waals surface area contributed by atoms with Crippen LogP contribution in [0, 0.1) is 0 Å². The molecule has 114 valence electrons. The van der Waals surface area contributed by atoms with Gasteiger partial charge in [0.15, 0.2) is 0 Å². The van der Waals surface area contributed by atoms with E-state index in [1.807, 2.05) is 30.3 Å². The molecule has 3 aromatic heterocycles. The largest absolute Gasteiger partial charge is 0.437 e. The lowest BCUT2D eigenvalue weighted by Crippen LogP contribution is -1.89. The third-order valence-electron chi connectivity index (χ3n) is 4.11.